The van der Waals surface area contributed by atoms with Crippen LogP contribution in [0.25, 0.3) is 22.5 Å². The summed E-state index contributed by atoms with van der Waals surface area (Å²) < 4.78 is 0. The minimum absolute atomic E-state index is 0.0179. The molecule has 1 heterocycles. The lowest BCUT2D eigenvalue weighted by Gasteiger charge is -2.07. The molecule has 0 fully saturated rings. The fraction of sp³-hybridized carbons (Fsp3) is 0.115. The summed E-state index contributed by atoms with van der Waals surface area (Å²) in [5.41, 5.74) is 5.33. The van der Waals surface area contributed by atoms with Gasteiger partial charge in [0.05, 0.1) is 6.42 Å². The van der Waals surface area contributed by atoms with E-state index in [9.17, 15) is 4.79 Å². The van der Waals surface area contributed by atoms with Crippen molar-refractivity contribution >= 4 is 5.91 Å². The van der Waals surface area contributed by atoms with Crippen LogP contribution in [0.1, 0.15) is 11.1 Å². The molecule has 1 aromatic heterocycles. The van der Waals surface area contributed by atoms with E-state index in [1.54, 1.807) is 0 Å². The van der Waals surface area contributed by atoms with Crippen LogP contribution in [-0.2, 0) is 17.6 Å². The van der Waals surface area contributed by atoms with E-state index in [0.29, 0.717) is 25.2 Å². The number of benzene rings is 3. The first-order valence-corrected chi connectivity index (χ1v) is 10.1. The average molecular weight is 393 g/mol. The molecule has 3 aromatic carbocycles. The molecule has 0 saturated heterocycles. The molecule has 0 aliphatic heterocycles. The monoisotopic (exact) mass is 393 g/mol. The number of nitrogens with one attached hydrogen (secondary N) is 1. The van der Waals surface area contributed by atoms with Gasteiger partial charge in [-0.25, -0.2) is 9.97 Å². The maximum atomic E-state index is 12.3. The van der Waals surface area contributed by atoms with Gasteiger partial charge in [0, 0.05) is 24.5 Å². The Labute approximate surface area is 176 Å². The van der Waals surface area contributed by atoms with Crippen molar-refractivity contribution in [2.45, 2.75) is 12.8 Å². The summed E-state index contributed by atoms with van der Waals surface area (Å²) in [7, 11) is 0. The summed E-state index contributed by atoms with van der Waals surface area (Å²) in [5, 5.41) is 2.98. The Hall–Kier alpha value is -3.79. The quantitative estimate of drug-likeness (QED) is 0.495. The van der Waals surface area contributed by atoms with Crippen LogP contribution in [0.4, 0.5) is 0 Å². The van der Waals surface area contributed by atoms with Crippen molar-refractivity contribution in [1.29, 1.82) is 0 Å². The maximum absolute atomic E-state index is 12.3. The largest absolute Gasteiger partial charge is 0.355 e. The van der Waals surface area contributed by atoms with E-state index in [4.69, 9.17) is 0 Å². The smallest absolute Gasteiger partial charge is 0.224 e. The highest BCUT2D eigenvalue weighted by molar-refractivity contribution is 5.78. The fourth-order valence-electron chi connectivity index (χ4n) is 3.26. The Kier molecular flexibility index (Phi) is 6.25. The van der Waals surface area contributed by atoms with Crippen LogP contribution >= 0.6 is 0 Å². The molecule has 148 valence electrons. The van der Waals surface area contributed by atoms with E-state index in [-0.39, 0.29) is 5.91 Å². The third-order valence-electron chi connectivity index (χ3n) is 4.90. The molecule has 0 spiro atoms. The lowest BCUT2D eigenvalue weighted by Crippen LogP contribution is -2.27. The van der Waals surface area contributed by atoms with Gasteiger partial charge in [-0.2, -0.15) is 0 Å². The second kappa shape index (κ2) is 9.61. The van der Waals surface area contributed by atoms with Gasteiger partial charge in [-0.3, -0.25) is 4.79 Å². The molecule has 4 heteroatoms. The minimum atomic E-state index is 0.0179. The second-order valence-electron chi connectivity index (χ2n) is 7.12. The molecular weight excluding hydrogens is 370 g/mol. The Morgan fingerprint density at radius 3 is 1.87 bits per heavy atom. The summed E-state index contributed by atoms with van der Waals surface area (Å²) in [6.45, 7) is 0.564. The van der Waals surface area contributed by atoms with Crippen molar-refractivity contribution in [3.63, 3.8) is 0 Å². The summed E-state index contributed by atoms with van der Waals surface area (Å²) in [6.07, 6.45) is 4.72. The number of hydrogen-bond donors (Lipinski definition) is 1. The standard InChI is InChI=1S/C26H23N3O/c30-25(17-20-11-13-23(14-12-20)22-7-3-1-4-8-22)27-16-15-21-18-28-26(29-19-21)24-9-5-2-6-10-24/h1-14,18-19H,15-17H2,(H,27,30). The molecule has 0 radical (unpaired) electrons. The van der Waals surface area contributed by atoms with Crippen LogP contribution in [0.2, 0.25) is 0 Å². The van der Waals surface area contributed by atoms with Crippen LogP contribution in [0, 0.1) is 0 Å². The Morgan fingerprint density at radius 1 is 0.667 bits per heavy atom. The van der Waals surface area contributed by atoms with Crippen molar-refractivity contribution in [1.82, 2.24) is 15.3 Å². The lowest BCUT2D eigenvalue weighted by atomic mass is 10.0. The zero-order valence-electron chi connectivity index (χ0n) is 16.7. The first-order valence-electron chi connectivity index (χ1n) is 10.1. The highest BCUT2D eigenvalue weighted by Crippen LogP contribution is 2.19. The van der Waals surface area contributed by atoms with Crippen molar-refractivity contribution < 1.29 is 4.79 Å². The summed E-state index contributed by atoms with van der Waals surface area (Å²) in [4.78, 5) is 21.1. The Bertz CT molecular complexity index is 1080. The number of aromatic nitrogens is 2. The van der Waals surface area contributed by atoms with E-state index in [1.807, 2.05) is 73.1 Å². The molecule has 1 N–H and O–H groups in total. The van der Waals surface area contributed by atoms with Gasteiger partial charge >= 0.3 is 0 Å². The van der Waals surface area contributed by atoms with Crippen molar-refractivity contribution in [3.05, 3.63) is 108 Å². The topological polar surface area (TPSA) is 54.9 Å². The van der Waals surface area contributed by atoms with E-state index in [1.165, 1.54) is 5.56 Å². The number of rotatable bonds is 7. The number of nitrogens with zero attached hydrogens (tertiary/aromatic N) is 2. The van der Waals surface area contributed by atoms with Crippen LogP contribution < -0.4 is 5.32 Å². The fourth-order valence-corrected chi connectivity index (χ4v) is 3.26. The van der Waals surface area contributed by atoms with E-state index in [2.05, 4.69) is 39.6 Å². The van der Waals surface area contributed by atoms with Gasteiger partial charge in [-0.1, -0.05) is 84.9 Å². The van der Waals surface area contributed by atoms with Gasteiger partial charge in [0.25, 0.3) is 0 Å². The van der Waals surface area contributed by atoms with Crippen molar-refractivity contribution in [2.24, 2.45) is 0 Å². The van der Waals surface area contributed by atoms with Gasteiger partial charge in [0.15, 0.2) is 5.82 Å². The zero-order valence-corrected chi connectivity index (χ0v) is 16.7. The van der Waals surface area contributed by atoms with Gasteiger partial charge in [-0.15, -0.1) is 0 Å². The third-order valence-corrected chi connectivity index (χ3v) is 4.90. The third kappa shape index (κ3) is 5.17. The Balaban J connectivity index is 1.25. The highest BCUT2D eigenvalue weighted by Gasteiger charge is 2.05. The zero-order chi connectivity index (χ0) is 20.6. The van der Waals surface area contributed by atoms with Gasteiger partial charge in [0.2, 0.25) is 5.91 Å². The van der Waals surface area contributed by atoms with Gasteiger partial charge in [0.1, 0.15) is 0 Å². The Morgan fingerprint density at radius 2 is 1.23 bits per heavy atom. The summed E-state index contributed by atoms with van der Waals surface area (Å²) in [5.74, 6) is 0.728. The van der Waals surface area contributed by atoms with Crippen molar-refractivity contribution in [2.75, 3.05) is 6.54 Å². The number of carbonyl (C=O) groups is 1. The molecule has 1 amide bonds. The highest BCUT2D eigenvalue weighted by atomic mass is 16.1. The predicted molar refractivity (Wildman–Crippen MR) is 120 cm³/mol. The molecule has 4 rings (SSSR count). The molecule has 0 bridgehead atoms. The number of amides is 1. The van der Waals surface area contributed by atoms with E-state index < -0.39 is 0 Å². The molecule has 0 aliphatic carbocycles. The molecule has 0 saturated carbocycles. The van der Waals surface area contributed by atoms with Crippen LogP contribution in [0.5, 0.6) is 0 Å². The van der Waals surface area contributed by atoms with E-state index in [0.717, 1.165) is 22.3 Å². The molecule has 30 heavy (non-hydrogen) atoms. The summed E-state index contributed by atoms with van der Waals surface area (Å²) in [6, 6.07) is 28.2. The number of carbonyl (C=O) groups excluding carboxylic acids is 1. The second-order valence-corrected chi connectivity index (χ2v) is 7.12. The molecular formula is C26H23N3O. The molecule has 4 nitrogen and oxygen atoms in total. The van der Waals surface area contributed by atoms with Gasteiger partial charge in [-0.05, 0) is 28.7 Å². The summed E-state index contributed by atoms with van der Waals surface area (Å²) >= 11 is 0. The molecule has 4 aromatic rings. The van der Waals surface area contributed by atoms with Crippen LogP contribution in [0.3, 0.4) is 0 Å². The predicted octanol–water partition coefficient (Wildman–Crippen LogP) is 4.71. The molecule has 0 unspecified atom stereocenters. The SMILES string of the molecule is O=C(Cc1ccc(-c2ccccc2)cc1)NCCc1cnc(-c2ccccc2)nc1. The van der Waals surface area contributed by atoms with Crippen molar-refractivity contribution in [3.8, 4) is 22.5 Å². The molecule has 0 aliphatic rings. The lowest BCUT2D eigenvalue weighted by molar-refractivity contribution is -0.120. The van der Waals surface area contributed by atoms with Crippen LogP contribution in [0.15, 0.2) is 97.3 Å². The maximum Gasteiger partial charge on any atom is 0.224 e. The minimum Gasteiger partial charge on any atom is -0.355 e. The number of hydrogen-bond acceptors (Lipinski definition) is 3. The normalized spacial score (nSPS) is 10.5. The average Bonchev–Trinajstić information content (AvgIpc) is 2.81. The first-order chi connectivity index (χ1) is 14.8. The first kappa shape index (κ1) is 19.5. The molecule has 0 atom stereocenters. The van der Waals surface area contributed by atoms with E-state index >= 15 is 0 Å². The van der Waals surface area contributed by atoms with Gasteiger partial charge < -0.3 is 5.32 Å². The van der Waals surface area contributed by atoms with Crippen LogP contribution in [-0.4, -0.2) is 22.4 Å².